The SMILES string of the molecule is c1ccc(-c2nc(-c3cc(-n4c5ccccc5c5ccccc54)c(-n4c5ccccc5c5ccccc54)c(-n4c5ccccc5c5ccccc54)c3)cc(-c3cc4ccccc4c4ccccc34)n2)cc1. The van der Waals surface area contributed by atoms with Crippen LogP contribution in [0.2, 0.25) is 0 Å². The number of aromatic nitrogens is 5. The minimum Gasteiger partial charge on any atom is -0.307 e. The summed E-state index contributed by atoms with van der Waals surface area (Å²) in [6.07, 6.45) is 0. The van der Waals surface area contributed by atoms with E-state index in [-0.39, 0.29) is 0 Å². The summed E-state index contributed by atoms with van der Waals surface area (Å²) in [5, 5.41) is 11.9. The smallest absolute Gasteiger partial charge is 0.160 e. The third kappa shape index (κ3) is 5.93. The van der Waals surface area contributed by atoms with E-state index >= 15 is 0 Å². The highest BCUT2D eigenvalue weighted by Crippen LogP contribution is 2.45. The van der Waals surface area contributed by atoms with Gasteiger partial charge < -0.3 is 13.7 Å². The molecule has 0 aliphatic heterocycles. The van der Waals surface area contributed by atoms with Crippen molar-refractivity contribution in [3.8, 4) is 51.0 Å². The van der Waals surface area contributed by atoms with Gasteiger partial charge in [-0.2, -0.15) is 0 Å². The van der Waals surface area contributed by atoms with E-state index in [0.717, 1.165) is 83.6 Å². The van der Waals surface area contributed by atoms with Gasteiger partial charge in [-0.3, -0.25) is 0 Å². The molecule has 0 N–H and O–H groups in total. The average molecular weight is 904 g/mol. The van der Waals surface area contributed by atoms with Gasteiger partial charge in [0.25, 0.3) is 0 Å². The van der Waals surface area contributed by atoms with Gasteiger partial charge in [0.1, 0.15) is 0 Å². The molecule has 330 valence electrons. The molecule has 0 saturated heterocycles. The summed E-state index contributed by atoms with van der Waals surface area (Å²) >= 11 is 0. The lowest BCUT2D eigenvalue weighted by Crippen LogP contribution is -2.10. The molecule has 0 radical (unpaired) electrons. The van der Waals surface area contributed by atoms with Gasteiger partial charge in [0, 0.05) is 49.0 Å². The van der Waals surface area contributed by atoms with E-state index in [4.69, 9.17) is 9.97 Å². The first-order chi connectivity index (χ1) is 35.2. The van der Waals surface area contributed by atoms with Crippen molar-refractivity contribution in [2.24, 2.45) is 0 Å². The average Bonchev–Trinajstić information content (AvgIpc) is 4.08. The van der Waals surface area contributed by atoms with Crippen LogP contribution in [0.5, 0.6) is 0 Å². The molecular formula is C66H41N5. The van der Waals surface area contributed by atoms with E-state index in [2.05, 4.69) is 262 Å². The molecule has 4 heterocycles. The molecule has 0 saturated carbocycles. The molecule has 0 atom stereocenters. The molecule has 0 amide bonds. The van der Waals surface area contributed by atoms with Gasteiger partial charge in [-0.1, -0.05) is 188 Å². The van der Waals surface area contributed by atoms with Crippen LogP contribution < -0.4 is 0 Å². The Morgan fingerprint density at radius 1 is 0.254 bits per heavy atom. The standard InChI is InChI=1S/C66H41N5/c1-2-20-42(21-3-1)66-67-55(41-56(68-66)54-38-43-22-4-5-23-45(43)46-24-6-7-25-47(46)54)44-39-63(69-57-32-14-8-26-48(57)49-27-9-15-33-58(49)69)65(71-61-36-18-12-30-52(61)53-31-13-19-37-62(53)71)64(40-44)70-59-34-16-10-28-50(59)51-29-11-17-35-60(51)70/h1-41H. The van der Waals surface area contributed by atoms with Crippen LogP contribution in [0.3, 0.4) is 0 Å². The van der Waals surface area contributed by atoms with Crippen molar-refractivity contribution in [3.05, 3.63) is 249 Å². The number of fused-ring (bicyclic) bond motifs is 12. The first-order valence-corrected chi connectivity index (χ1v) is 24.2. The van der Waals surface area contributed by atoms with Gasteiger partial charge in [0.2, 0.25) is 0 Å². The molecule has 4 aromatic heterocycles. The van der Waals surface area contributed by atoms with Gasteiger partial charge in [-0.15, -0.1) is 0 Å². The Bertz CT molecular complexity index is 4350. The second-order valence-corrected chi connectivity index (χ2v) is 18.5. The van der Waals surface area contributed by atoms with Gasteiger partial charge in [0.15, 0.2) is 5.82 Å². The second-order valence-electron chi connectivity index (χ2n) is 18.5. The van der Waals surface area contributed by atoms with Crippen molar-refractivity contribution in [1.29, 1.82) is 0 Å². The molecular weight excluding hydrogens is 863 g/mol. The van der Waals surface area contributed by atoms with Crippen LogP contribution in [0.25, 0.3) is 138 Å². The van der Waals surface area contributed by atoms with Crippen LogP contribution in [0, 0.1) is 0 Å². The molecule has 0 fully saturated rings. The Morgan fingerprint density at radius 2 is 0.620 bits per heavy atom. The molecule has 71 heavy (non-hydrogen) atoms. The first-order valence-electron chi connectivity index (χ1n) is 24.2. The number of hydrogen-bond acceptors (Lipinski definition) is 2. The highest BCUT2D eigenvalue weighted by molar-refractivity contribution is 6.15. The minimum absolute atomic E-state index is 0.665. The quantitative estimate of drug-likeness (QED) is 0.156. The van der Waals surface area contributed by atoms with E-state index in [1.807, 2.05) is 0 Å². The molecule has 5 heteroatoms. The molecule has 15 aromatic rings. The molecule has 0 aliphatic rings. The van der Waals surface area contributed by atoms with E-state index in [1.54, 1.807) is 0 Å². The van der Waals surface area contributed by atoms with Crippen LogP contribution in [-0.4, -0.2) is 23.7 Å². The highest BCUT2D eigenvalue weighted by atomic mass is 15.1. The summed E-state index contributed by atoms with van der Waals surface area (Å²) in [7, 11) is 0. The zero-order valence-corrected chi connectivity index (χ0v) is 38.4. The number of benzene rings is 11. The molecule has 5 nitrogen and oxygen atoms in total. The monoisotopic (exact) mass is 903 g/mol. The third-order valence-corrected chi connectivity index (χ3v) is 14.6. The zero-order chi connectivity index (χ0) is 46.6. The van der Waals surface area contributed by atoms with Crippen molar-refractivity contribution in [2.45, 2.75) is 0 Å². The van der Waals surface area contributed by atoms with Crippen LogP contribution in [0.15, 0.2) is 249 Å². The number of hydrogen-bond donors (Lipinski definition) is 0. The molecule has 15 rings (SSSR count). The van der Waals surface area contributed by atoms with Crippen LogP contribution >= 0.6 is 0 Å². The van der Waals surface area contributed by atoms with Gasteiger partial charge in [0.05, 0.1) is 61.6 Å². The van der Waals surface area contributed by atoms with Crippen LogP contribution in [-0.2, 0) is 0 Å². The maximum Gasteiger partial charge on any atom is 0.160 e. The van der Waals surface area contributed by atoms with Crippen LogP contribution in [0.1, 0.15) is 0 Å². The van der Waals surface area contributed by atoms with E-state index in [1.165, 1.54) is 48.5 Å². The summed E-state index contributed by atoms with van der Waals surface area (Å²) in [5.41, 5.74) is 14.5. The Balaban J connectivity index is 1.15. The molecule has 0 unspecified atom stereocenters. The Hall–Kier alpha value is -9.58. The van der Waals surface area contributed by atoms with Crippen molar-refractivity contribution >= 4 is 87.0 Å². The van der Waals surface area contributed by atoms with E-state index in [0.29, 0.717) is 5.82 Å². The molecule has 0 bridgehead atoms. The van der Waals surface area contributed by atoms with Gasteiger partial charge >= 0.3 is 0 Å². The lowest BCUT2D eigenvalue weighted by Gasteiger charge is -2.24. The zero-order valence-electron chi connectivity index (χ0n) is 38.4. The Labute approximate surface area is 408 Å². The molecule has 0 aliphatic carbocycles. The second kappa shape index (κ2) is 15.5. The maximum atomic E-state index is 5.59. The predicted octanol–water partition coefficient (Wildman–Crippen LogP) is 17.1. The minimum atomic E-state index is 0.665. The topological polar surface area (TPSA) is 40.6 Å². The van der Waals surface area contributed by atoms with Crippen molar-refractivity contribution in [1.82, 2.24) is 23.7 Å². The van der Waals surface area contributed by atoms with Crippen LogP contribution in [0.4, 0.5) is 0 Å². The van der Waals surface area contributed by atoms with E-state index < -0.39 is 0 Å². The summed E-state index contributed by atoms with van der Waals surface area (Å²) in [4.78, 5) is 11.1. The van der Waals surface area contributed by atoms with Crippen molar-refractivity contribution in [3.63, 3.8) is 0 Å². The largest absolute Gasteiger partial charge is 0.307 e. The summed E-state index contributed by atoms with van der Waals surface area (Å²) < 4.78 is 7.48. The fourth-order valence-electron chi connectivity index (χ4n) is 11.6. The maximum absolute atomic E-state index is 5.59. The fourth-order valence-corrected chi connectivity index (χ4v) is 11.6. The Morgan fingerprint density at radius 3 is 1.10 bits per heavy atom. The highest BCUT2D eigenvalue weighted by Gasteiger charge is 2.27. The fraction of sp³-hybridized carbons (Fsp3) is 0. The lowest BCUT2D eigenvalue weighted by molar-refractivity contribution is 1.05. The number of rotatable bonds is 6. The summed E-state index contributed by atoms with van der Waals surface area (Å²) in [6, 6.07) is 90.0. The summed E-state index contributed by atoms with van der Waals surface area (Å²) in [5.74, 6) is 0.665. The predicted molar refractivity (Wildman–Crippen MR) is 296 cm³/mol. The van der Waals surface area contributed by atoms with Gasteiger partial charge in [-0.25, -0.2) is 9.97 Å². The lowest BCUT2D eigenvalue weighted by atomic mass is 9.95. The Kier molecular flexibility index (Phi) is 8.59. The number of nitrogens with zero attached hydrogens (tertiary/aromatic N) is 5. The van der Waals surface area contributed by atoms with Gasteiger partial charge in [-0.05, 0) is 82.2 Å². The molecule has 11 aromatic carbocycles. The third-order valence-electron chi connectivity index (χ3n) is 14.6. The molecule has 0 spiro atoms. The summed E-state index contributed by atoms with van der Waals surface area (Å²) in [6.45, 7) is 0. The van der Waals surface area contributed by atoms with E-state index in [9.17, 15) is 0 Å². The van der Waals surface area contributed by atoms with Crippen molar-refractivity contribution in [2.75, 3.05) is 0 Å². The normalized spacial score (nSPS) is 11.9. The first kappa shape index (κ1) is 39.4. The van der Waals surface area contributed by atoms with Crippen molar-refractivity contribution < 1.29 is 0 Å². The number of para-hydroxylation sites is 6.